The summed E-state index contributed by atoms with van der Waals surface area (Å²) < 4.78 is 0.744. The third-order valence-electron chi connectivity index (χ3n) is 6.99. The molecule has 2 bridgehead atoms. The summed E-state index contributed by atoms with van der Waals surface area (Å²) in [5.41, 5.74) is 1.41. The van der Waals surface area contributed by atoms with Crippen LogP contribution in [-0.2, 0) is 14.4 Å². The fourth-order valence-electron chi connectivity index (χ4n) is 5.50. The summed E-state index contributed by atoms with van der Waals surface area (Å²) in [5.74, 6) is 0.0756. The molecule has 146 valence electrons. The number of hydrogen-bond donors (Lipinski definition) is 1. The number of hydrogen-bond acceptors (Lipinski definition) is 3. The van der Waals surface area contributed by atoms with Gasteiger partial charge in [-0.05, 0) is 77.6 Å². The fourth-order valence-corrected chi connectivity index (χ4v) is 6.12. The van der Waals surface area contributed by atoms with E-state index in [9.17, 15) is 14.4 Å². The molecule has 1 aliphatic heterocycles. The van der Waals surface area contributed by atoms with Crippen LogP contribution in [0.4, 0.5) is 5.69 Å². The van der Waals surface area contributed by atoms with Crippen LogP contribution >= 0.6 is 27.5 Å². The van der Waals surface area contributed by atoms with Crippen molar-refractivity contribution in [2.75, 3.05) is 5.32 Å². The lowest BCUT2D eigenvalue weighted by Gasteiger charge is -2.37. The number of halogens is 2. The highest BCUT2D eigenvalue weighted by Gasteiger charge is 2.67. The molecule has 1 heterocycles. The van der Waals surface area contributed by atoms with Crippen LogP contribution in [0.25, 0.3) is 0 Å². The second-order valence-electron chi connectivity index (χ2n) is 8.45. The van der Waals surface area contributed by atoms with Crippen molar-refractivity contribution in [3.8, 4) is 0 Å². The molecule has 1 aromatic carbocycles. The first kappa shape index (κ1) is 18.4. The van der Waals surface area contributed by atoms with Crippen molar-refractivity contribution < 1.29 is 14.4 Å². The van der Waals surface area contributed by atoms with Gasteiger partial charge in [-0.25, -0.2) is 0 Å². The fraction of sp³-hybridized carbons (Fsp3) is 0.476. The zero-order chi connectivity index (χ0) is 19.9. The number of rotatable bonds is 3. The van der Waals surface area contributed by atoms with Gasteiger partial charge in [0.1, 0.15) is 6.04 Å². The quantitative estimate of drug-likeness (QED) is 0.548. The summed E-state index contributed by atoms with van der Waals surface area (Å²) in [6.45, 7) is 3.48. The minimum Gasteiger partial charge on any atom is -0.324 e. The standard InChI is InChI=1S/C21H20BrClN2O3/c1-8-5-14(22)15(23)7-16(8)24-19(26)9(2)25-20(27)17-10-3-4-11(13-6-12(10)13)18(17)21(25)28/h3-5,7,9-13,17-18H,6H2,1-2H3,(H,24,26)/t9-,10+,11+,12+,13+,17-,18-/m0/s1. The van der Waals surface area contributed by atoms with E-state index in [0.29, 0.717) is 22.5 Å². The number of amides is 3. The number of carbonyl (C=O) groups excluding carboxylic acids is 3. The van der Waals surface area contributed by atoms with Crippen LogP contribution in [0.15, 0.2) is 28.8 Å². The van der Waals surface area contributed by atoms with E-state index in [-0.39, 0.29) is 41.4 Å². The van der Waals surface area contributed by atoms with Crippen molar-refractivity contribution >= 4 is 50.9 Å². The molecule has 0 spiro atoms. The van der Waals surface area contributed by atoms with Crippen molar-refractivity contribution in [1.29, 1.82) is 0 Å². The monoisotopic (exact) mass is 462 g/mol. The summed E-state index contributed by atoms with van der Waals surface area (Å²) in [6.07, 6.45) is 5.38. The highest BCUT2D eigenvalue weighted by molar-refractivity contribution is 9.10. The smallest absolute Gasteiger partial charge is 0.247 e. The van der Waals surface area contributed by atoms with Crippen LogP contribution in [0.5, 0.6) is 0 Å². The summed E-state index contributed by atoms with van der Waals surface area (Å²) >= 11 is 9.50. The number of nitrogens with one attached hydrogen (secondary N) is 1. The summed E-state index contributed by atoms with van der Waals surface area (Å²) in [6, 6.07) is 2.62. The first-order valence-corrected chi connectivity index (χ1v) is 10.8. The molecule has 2 saturated carbocycles. The second-order valence-corrected chi connectivity index (χ2v) is 9.71. The van der Waals surface area contributed by atoms with Gasteiger partial charge in [0.15, 0.2) is 0 Å². The number of likely N-dealkylation sites (tertiary alicyclic amines) is 1. The Morgan fingerprint density at radius 2 is 1.75 bits per heavy atom. The molecule has 7 atom stereocenters. The van der Waals surface area contributed by atoms with Crippen molar-refractivity contribution in [3.05, 3.63) is 39.3 Å². The molecule has 5 nitrogen and oxygen atoms in total. The highest BCUT2D eigenvalue weighted by Crippen LogP contribution is 2.65. The van der Waals surface area contributed by atoms with Gasteiger partial charge in [-0.2, -0.15) is 0 Å². The summed E-state index contributed by atoms with van der Waals surface area (Å²) in [7, 11) is 0. The van der Waals surface area contributed by atoms with Crippen molar-refractivity contribution in [2.45, 2.75) is 26.3 Å². The molecule has 3 fully saturated rings. The number of imide groups is 1. The van der Waals surface area contributed by atoms with E-state index >= 15 is 0 Å². The minimum atomic E-state index is -0.858. The lowest BCUT2D eigenvalue weighted by atomic mass is 9.63. The predicted molar refractivity (Wildman–Crippen MR) is 109 cm³/mol. The van der Waals surface area contributed by atoms with Gasteiger partial charge in [-0.1, -0.05) is 23.8 Å². The average Bonchev–Trinajstić information content (AvgIpc) is 3.43. The molecule has 0 aromatic heterocycles. The number of benzene rings is 1. The molecule has 28 heavy (non-hydrogen) atoms. The Morgan fingerprint density at radius 1 is 1.18 bits per heavy atom. The minimum absolute atomic E-state index is 0.157. The third-order valence-corrected chi connectivity index (χ3v) is 8.19. The molecule has 4 aliphatic carbocycles. The van der Waals surface area contributed by atoms with E-state index in [1.165, 1.54) is 4.90 Å². The van der Waals surface area contributed by atoms with Gasteiger partial charge in [0.05, 0.1) is 16.9 Å². The lowest BCUT2D eigenvalue weighted by Crippen LogP contribution is -2.46. The Kier molecular flexibility index (Phi) is 4.05. The van der Waals surface area contributed by atoms with Crippen LogP contribution in [0.3, 0.4) is 0 Å². The number of allylic oxidation sites excluding steroid dienone is 2. The predicted octanol–water partition coefficient (Wildman–Crippen LogP) is 3.79. The Morgan fingerprint density at radius 3 is 2.32 bits per heavy atom. The zero-order valence-electron chi connectivity index (χ0n) is 15.5. The largest absolute Gasteiger partial charge is 0.324 e. The van der Waals surface area contributed by atoms with Crippen molar-refractivity contribution in [1.82, 2.24) is 4.90 Å². The number of anilines is 1. The molecule has 1 N–H and O–H groups in total. The van der Waals surface area contributed by atoms with E-state index in [2.05, 4.69) is 33.4 Å². The SMILES string of the molecule is Cc1cc(Br)c(Cl)cc1NC(=O)[C@H](C)N1C(=O)[C@H]2[C@@H]3C=C[C@H]([C@H]4C[C@H]34)[C@@H]2C1=O. The van der Waals surface area contributed by atoms with Crippen LogP contribution in [0, 0.1) is 42.4 Å². The Bertz CT molecular complexity index is 925. The molecule has 7 heteroatoms. The first-order valence-electron chi connectivity index (χ1n) is 9.61. The summed E-state index contributed by atoms with van der Waals surface area (Å²) in [4.78, 5) is 40.3. The second kappa shape index (κ2) is 6.17. The topological polar surface area (TPSA) is 66.5 Å². The van der Waals surface area contributed by atoms with Crippen molar-refractivity contribution in [3.63, 3.8) is 0 Å². The van der Waals surface area contributed by atoms with Crippen LogP contribution in [-0.4, -0.2) is 28.7 Å². The van der Waals surface area contributed by atoms with E-state index in [0.717, 1.165) is 16.5 Å². The maximum Gasteiger partial charge on any atom is 0.247 e. The first-order chi connectivity index (χ1) is 13.3. The highest BCUT2D eigenvalue weighted by atomic mass is 79.9. The Labute approximate surface area is 176 Å². The molecular formula is C21H20BrClN2O3. The third kappa shape index (κ3) is 2.47. The van der Waals surface area contributed by atoms with Crippen LogP contribution in [0.1, 0.15) is 18.9 Å². The number of carbonyl (C=O) groups is 3. The molecular weight excluding hydrogens is 444 g/mol. The molecule has 0 radical (unpaired) electrons. The van der Waals surface area contributed by atoms with Gasteiger partial charge in [0.25, 0.3) is 0 Å². The lowest BCUT2D eigenvalue weighted by molar-refractivity contribution is -0.146. The Balaban J connectivity index is 1.38. The van der Waals surface area contributed by atoms with Gasteiger partial charge >= 0.3 is 0 Å². The van der Waals surface area contributed by atoms with Gasteiger partial charge in [0.2, 0.25) is 17.7 Å². The summed E-state index contributed by atoms with van der Waals surface area (Å²) in [5, 5.41) is 3.31. The van der Waals surface area contributed by atoms with Gasteiger partial charge in [-0.15, -0.1) is 0 Å². The van der Waals surface area contributed by atoms with Gasteiger partial charge in [-0.3, -0.25) is 19.3 Å². The average molecular weight is 464 g/mol. The number of nitrogens with zero attached hydrogens (tertiary/aromatic N) is 1. The van der Waals surface area contributed by atoms with E-state index in [4.69, 9.17) is 11.6 Å². The number of aryl methyl sites for hydroxylation is 1. The molecule has 0 unspecified atom stereocenters. The maximum atomic E-state index is 13.1. The molecule has 1 saturated heterocycles. The maximum absolute atomic E-state index is 13.1. The zero-order valence-corrected chi connectivity index (χ0v) is 17.8. The molecule has 1 aromatic rings. The van der Waals surface area contributed by atoms with Crippen molar-refractivity contribution in [2.24, 2.45) is 35.5 Å². The van der Waals surface area contributed by atoms with Gasteiger partial charge < -0.3 is 5.32 Å². The van der Waals surface area contributed by atoms with Crippen LogP contribution < -0.4 is 5.32 Å². The molecule has 5 aliphatic rings. The molecule has 3 amide bonds. The van der Waals surface area contributed by atoms with E-state index in [1.54, 1.807) is 13.0 Å². The Hall–Kier alpha value is -1.66. The van der Waals surface area contributed by atoms with Crippen LogP contribution in [0.2, 0.25) is 5.02 Å². The van der Waals surface area contributed by atoms with E-state index in [1.807, 2.05) is 13.0 Å². The van der Waals surface area contributed by atoms with E-state index < -0.39 is 6.04 Å². The van der Waals surface area contributed by atoms with Gasteiger partial charge in [0, 0.05) is 10.2 Å². The molecule has 6 rings (SSSR count). The normalized spacial score (nSPS) is 35.6.